The van der Waals surface area contributed by atoms with E-state index in [9.17, 15) is 28.1 Å². The van der Waals surface area contributed by atoms with Crippen LogP contribution in [0.4, 0.5) is 24.7 Å². The van der Waals surface area contributed by atoms with E-state index >= 15 is 0 Å². The van der Waals surface area contributed by atoms with Gasteiger partial charge in [0.15, 0.2) is 0 Å². The van der Waals surface area contributed by atoms with Gasteiger partial charge >= 0.3 is 6.18 Å². The Bertz CT molecular complexity index is 957. The summed E-state index contributed by atoms with van der Waals surface area (Å²) in [4.78, 5) is 26.4. The summed E-state index contributed by atoms with van der Waals surface area (Å²) in [7, 11) is 0. The molecule has 2 rings (SSSR count). The minimum atomic E-state index is -4.55. The molecule has 8 nitrogen and oxygen atoms in total. The minimum Gasteiger partial charge on any atom is -0.478 e. The summed E-state index contributed by atoms with van der Waals surface area (Å²) in [6.45, 7) is 2.54. The average Bonchev–Trinajstić information content (AvgIpc) is 2.73. The lowest BCUT2D eigenvalue weighted by molar-refractivity contribution is -0.384. The number of non-ortho nitro benzene ring substituents is 1. The first kappa shape index (κ1) is 25.2. The number of ether oxygens (including phenoxy) is 1. The normalized spacial score (nSPS) is 11.2. The fraction of sp³-hybridized carbons (Fsp3) is 0.400. The second-order valence-electron chi connectivity index (χ2n) is 6.74. The molecular formula is C20H22ClF3N4O4. The Morgan fingerprint density at radius 3 is 2.62 bits per heavy atom. The van der Waals surface area contributed by atoms with Crippen LogP contribution in [0.25, 0.3) is 0 Å². The van der Waals surface area contributed by atoms with Gasteiger partial charge in [0.1, 0.15) is 5.82 Å². The maximum absolute atomic E-state index is 13.1. The van der Waals surface area contributed by atoms with E-state index in [4.69, 9.17) is 16.3 Å². The summed E-state index contributed by atoms with van der Waals surface area (Å²) >= 11 is 5.91. The van der Waals surface area contributed by atoms with Crippen LogP contribution in [-0.2, 0) is 6.18 Å². The van der Waals surface area contributed by atoms with Gasteiger partial charge in [-0.25, -0.2) is 0 Å². The van der Waals surface area contributed by atoms with Crippen molar-refractivity contribution in [2.24, 2.45) is 0 Å². The largest absolute Gasteiger partial charge is 0.478 e. The number of unbranched alkanes of at least 4 members (excludes halogenated alkanes) is 1. The van der Waals surface area contributed by atoms with Crippen LogP contribution in [0, 0.1) is 10.1 Å². The van der Waals surface area contributed by atoms with Crippen molar-refractivity contribution in [1.82, 2.24) is 10.3 Å². The zero-order chi connectivity index (χ0) is 23.7. The number of nitro groups is 1. The number of rotatable bonds is 11. The van der Waals surface area contributed by atoms with Crippen molar-refractivity contribution >= 4 is 29.0 Å². The number of nitrogens with zero attached hydrogens (tertiary/aromatic N) is 2. The molecule has 0 radical (unpaired) electrons. The summed E-state index contributed by atoms with van der Waals surface area (Å²) in [6.07, 6.45) is -2.63. The van der Waals surface area contributed by atoms with Crippen molar-refractivity contribution in [1.29, 1.82) is 0 Å². The highest BCUT2D eigenvalue weighted by Gasteiger charge is 2.32. The van der Waals surface area contributed by atoms with Crippen LogP contribution in [0.3, 0.4) is 0 Å². The monoisotopic (exact) mass is 474 g/mol. The van der Waals surface area contributed by atoms with Gasteiger partial charge in [-0.3, -0.25) is 14.9 Å². The van der Waals surface area contributed by atoms with E-state index in [0.717, 1.165) is 31.0 Å². The van der Waals surface area contributed by atoms with E-state index in [1.807, 2.05) is 6.92 Å². The Hall–Kier alpha value is -3.08. The van der Waals surface area contributed by atoms with Crippen molar-refractivity contribution in [2.75, 3.05) is 25.0 Å². The van der Waals surface area contributed by atoms with E-state index in [-0.39, 0.29) is 47.5 Å². The third-order valence-corrected chi connectivity index (χ3v) is 4.56. The molecular weight excluding hydrogens is 453 g/mol. The lowest BCUT2D eigenvalue weighted by atomic mass is 10.2. The third-order valence-electron chi connectivity index (χ3n) is 4.23. The second kappa shape index (κ2) is 11.5. The number of aromatic nitrogens is 1. The van der Waals surface area contributed by atoms with Crippen molar-refractivity contribution in [2.45, 2.75) is 32.4 Å². The van der Waals surface area contributed by atoms with Crippen LogP contribution < -0.4 is 15.4 Å². The third kappa shape index (κ3) is 7.56. The highest BCUT2D eigenvalue weighted by molar-refractivity contribution is 6.33. The highest BCUT2D eigenvalue weighted by atomic mass is 35.5. The Morgan fingerprint density at radius 1 is 1.22 bits per heavy atom. The molecule has 0 unspecified atom stereocenters. The van der Waals surface area contributed by atoms with Gasteiger partial charge in [-0.05, 0) is 25.0 Å². The van der Waals surface area contributed by atoms with Crippen LogP contribution in [0.5, 0.6) is 5.88 Å². The molecule has 0 fully saturated rings. The zero-order valence-electron chi connectivity index (χ0n) is 17.2. The zero-order valence-corrected chi connectivity index (χ0v) is 17.9. The SMILES string of the molecule is CCCCNc1cc(C(F)(F)F)cc(OCCCNC(=O)c2cc([N+](=O)[O-])ccc2Cl)n1. The Balaban J connectivity index is 1.91. The number of carbonyl (C=O) groups is 1. The van der Waals surface area contributed by atoms with E-state index in [0.29, 0.717) is 6.54 Å². The molecule has 1 aromatic heterocycles. The molecule has 1 heterocycles. The average molecular weight is 475 g/mol. The molecule has 1 aromatic carbocycles. The van der Waals surface area contributed by atoms with Gasteiger partial charge < -0.3 is 15.4 Å². The fourth-order valence-corrected chi connectivity index (χ4v) is 2.78. The number of hydrogen-bond donors (Lipinski definition) is 2. The van der Waals surface area contributed by atoms with Crippen molar-refractivity contribution in [3.8, 4) is 5.88 Å². The molecule has 174 valence electrons. The van der Waals surface area contributed by atoms with E-state index in [1.165, 1.54) is 12.1 Å². The lowest BCUT2D eigenvalue weighted by Gasteiger charge is -2.13. The molecule has 0 aliphatic heterocycles. The van der Waals surface area contributed by atoms with Crippen molar-refractivity contribution in [3.63, 3.8) is 0 Å². The maximum atomic E-state index is 13.1. The molecule has 0 atom stereocenters. The summed E-state index contributed by atoms with van der Waals surface area (Å²) in [5.74, 6) is -0.734. The number of halogens is 4. The van der Waals surface area contributed by atoms with Gasteiger partial charge in [0.05, 0.1) is 27.7 Å². The van der Waals surface area contributed by atoms with Crippen LogP contribution in [0.15, 0.2) is 30.3 Å². The van der Waals surface area contributed by atoms with Crippen LogP contribution in [0.2, 0.25) is 5.02 Å². The smallest absolute Gasteiger partial charge is 0.416 e. The number of alkyl halides is 3. The summed E-state index contributed by atoms with van der Waals surface area (Å²) in [5.41, 5.74) is -1.21. The quantitative estimate of drug-likeness (QED) is 0.267. The number of benzene rings is 1. The first-order valence-electron chi connectivity index (χ1n) is 9.80. The number of nitro benzene ring substituents is 1. The Kier molecular flexibility index (Phi) is 9.06. The van der Waals surface area contributed by atoms with Gasteiger partial charge in [0, 0.05) is 31.3 Å². The molecule has 0 saturated carbocycles. The van der Waals surface area contributed by atoms with Crippen molar-refractivity contribution in [3.05, 3.63) is 56.6 Å². The number of anilines is 1. The van der Waals surface area contributed by atoms with E-state index in [2.05, 4.69) is 15.6 Å². The summed E-state index contributed by atoms with van der Waals surface area (Å²) in [5, 5.41) is 16.3. The molecule has 2 N–H and O–H groups in total. The second-order valence-corrected chi connectivity index (χ2v) is 7.14. The lowest BCUT2D eigenvalue weighted by Crippen LogP contribution is -2.26. The maximum Gasteiger partial charge on any atom is 0.416 e. The first-order valence-corrected chi connectivity index (χ1v) is 10.2. The Labute approximate surface area is 187 Å². The number of hydrogen-bond acceptors (Lipinski definition) is 6. The molecule has 32 heavy (non-hydrogen) atoms. The van der Waals surface area contributed by atoms with Crippen LogP contribution >= 0.6 is 11.6 Å². The first-order chi connectivity index (χ1) is 15.1. The Morgan fingerprint density at radius 2 is 1.97 bits per heavy atom. The molecule has 0 aliphatic rings. The summed E-state index contributed by atoms with van der Waals surface area (Å²) in [6, 6.07) is 5.23. The number of pyridine rings is 1. The molecule has 2 aromatic rings. The molecule has 0 saturated heterocycles. The topological polar surface area (TPSA) is 106 Å². The fourth-order valence-electron chi connectivity index (χ4n) is 2.57. The van der Waals surface area contributed by atoms with Gasteiger partial charge in [0.2, 0.25) is 5.88 Å². The van der Waals surface area contributed by atoms with Crippen LogP contribution in [-0.4, -0.2) is 35.5 Å². The molecule has 12 heteroatoms. The van der Waals surface area contributed by atoms with E-state index < -0.39 is 22.6 Å². The van der Waals surface area contributed by atoms with Gasteiger partial charge in [-0.15, -0.1) is 0 Å². The van der Waals surface area contributed by atoms with E-state index in [1.54, 1.807) is 0 Å². The predicted molar refractivity (Wildman–Crippen MR) is 113 cm³/mol. The van der Waals surface area contributed by atoms with Gasteiger partial charge in [-0.1, -0.05) is 24.9 Å². The number of nitrogens with one attached hydrogen (secondary N) is 2. The molecule has 0 spiro atoms. The van der Waals surface area contributed by atoms with Gasteiger partial charge in [-0.2, -0.15) is 18.2 Å². The van der Waals surface area contributed by atoms with Crippen molar-refractivity contribution < 1.29 is 27.6 Å². The van der Waals surface area contributed by atoms with Crippen LogP contribution in [0.1, 0.15) is 42.1 Å². The number of amides is 1. The van der Waals surface area contributed by atoms with Gasteiger partial charge in [0.25, 0.3) is 11.6 Å². The standard InChI is InChI=1S/C20H22ClF3N4O4/c1-2-3-7-25-17-10-13(20(22,23)24)11-18(27-17)32-9-4-8-26-19(29)15-12-14(28(30)31)5-6-16(15)21/h5-6,10-12H,2-4,7-9H2,1H3,(H,25,27)(H,26,29). The highest BCUT2D eigenvalue weighted by Crippen LogP contribution is 2.32. The molecule has 0 bridgehead atoms. The molecule has 1 amide bonds. The predicted octanol–water partition coefficient (Wildman–Crippen LogP) is 5.07. The summed E-state index contributed by atoms with van der Waals surface area (Å²) < 4.78 is 44.7. The number of carbonyl (C=O) groups excluding carboxylic acids is 1. The minimum absolute atomic E-state index is 0.00827. The molecule has 0 aliphatic carbocycles.